The molecule has 2 aromatic carbocycles. The zero-order chi connectivity index (χ0) is 13.9. The molecule has 0 aliphatic heterocycles. The van der Waals surface area contributed by atoms with Gasteiger partial charge in [0.2, 0.25) is 0 Å². The predicted octanol–water partition coefficient (Wildman–Crippen LogP) is 4.48. The maximum atomic E-state index is 13.1. The highest BCUT2D eigenvalue weighted by atomic mass is 19.1. The quantitative estimate of drug-likeness (QED) is 0.863. The Morgan fingerprint density at radius 2 is 1.95 bits per heavy atom. The van der Waals surface area contributed by atoms with Gasteiger partial charge in [-0.1, -0.05) is 37.3 Å². The first-order valence-electron chi connectivity index (χ1n) is 7.40. The third-order valence-electron chi connectivity index (χ3n) is 4.07. The third kappa shape index (κ3) is 2.48. The van der Waals surface area contributed by atoms with Gasteiger partial charge in [-0.2, -0.15) is 0 Å². The summed E-state index contributed by atoms with van der Waals surface area (Å²) >= 11 is 0. The minimum Gasteiger partial charge on any atom is -0.310 e. The molecular weight excluding hydrogens is 249 g/mol. The van der Waals surface area contributed by atoms with Crippen molar-refractivity contribution in [1.29, 1.82) is 0 Å². The molecule has 3 rings (SSSR count). The number of benzene rings is 2. The predicted molar refractivity (Wildman–Crippen MR) is 81.2 cm³/mol. The fourth-order valence-electron chi connectivity index (χ4n) is 3.08. The van der Waals surface area contributed by atoms with Crippen LogP contribution in [0.25, 0.3) is 11.1 Å². The molecule has 0 fully saturated rings. The Morgan fingerprint density at radius 1 is 1.15 bits per heavy atom. The van der Waals surface area contributed by atoms with E-state index >= 15 is 0 Å². The molecule has 104 valence electrons. The fraction of sp³-hybridized carbons (Fsp3) is 0.333. The Morgan fingerprint density at radius 3 is 2.70 bits per heavy atom. The topological polar surface area (TPSA) is 12.0 Å². The molecule has 1 nitrogen and oxygen atoms in total. The lowest BCUT2D eigenvalue weighted by molar-refractivity contribution is 0.529. The molecule has 2 aromatic rings. The minimum absolute atomic E-state index is 0.177. The molecule has 0 aromatic heterocycles. The second kappa shape index (κ2) is 5.76. The lowest BCUT2D eigenvalue weighted by Gasteiger charge is -2.14. The van der Waals surface area contributed by atoms with Gasteiger partial charge in [-0.15, -0.1) is 0 Å². The van der Waals surface area contributed by atoms with Crippen LogP contribution >= 0.6 is 0 Å². The number of halogens is 1. The second-order valence-corrected chi connectivity index (χ2v) is 5.43. The largest absolute Gasteiger partial charge is 0.310 e. The highest BCUT2D eigenvalue weighted by molar-refractivity contribution is 5.70. The van der Waals surface area contributed by atoms with Gasteiger partial charge in [0, 0.05) is 6.04 Å². The van der Waals surface area contributed by atoms with Crippen LogP contribution in [0, 0.1) is 5.82 Å². The lowest BCUT2D eigenvalue weighted by atomic mass is 9.96. The zero-order valence-corrected chi connectivity index (χ0v) is 11.8. The van der Waals surface area contributed by atoms with E-state index in [2.05, 4.69) is 30.4 Å². The molecule has 1 aliphatic carbocycles. The van der Waals surface area contributed by atoms with E-state index in [4.69, 9.17) is 0 Å². The van der Waals surface area contributed by atoms with Crippen LogP contribution in [0.2, 0.25) is 0 Å². The van der Waals surface area contributed by atoms with Crippen LogP contribution in [0.5, 0.6) is 0 Å². The molecular formula is C18H20FN. The summed E-state index contributed by atoms with van der Waals surface area (Å²) in [6.45, 7) is 3.25. The van der Waals surface area contributed by atoms with Crippen LogP contribution in [0.3, 0.4) is 0 Å². The molecule has 1 aliphatic rings. The van der Waals surface area contributed by atoms with E-state index in [0.717, 1.165) is 31.4 Å². The van der Waals surface area contributed by atoms with E-state index in [1.807, 2.05) is 12.1 Å². The van der Waals surface area contributed by atoms with E-state index in [1.54, 1.807) is 0 Å². The summed E-state index contributed by atoms with van der Waals surface area (Å²) in [6, 6.07) is 13.8. The van der Waals surface area contributed by atoms with Crippen molar-refractivity contribution in [1.82, 2.24) is 5.32 Å². The maximum absolute atomic E-state index is 13.1. The smallest absolute Gasteiger partial charge is 0.123 e. The molecule has 2 heteroatoms. The summed E-state index contributed by atoms with van der Waals surface area (Å²) in [7, 11) is 0. The Bertz CT molecular complexity index is 589. The van der Waals surface area contributed by atoms with Crippen LogP contribution in [0.15, 0.2) is 42.5 Å². The number of fused-ring (bicyclic) bond motifs is 1. The summed E-state index contributed by atoms with van der Waals surface area (Å²) in [4.78, 5) is 0. The van der Waals surface area contributed by atoms with Crippen molar-refractivity contribution >= 4 is 0 Å². The van der Waals surface area contributed by atoms with Crippen molar-refractivity contribution in [2.75, 3.05) is 6.54 Å². The number of hydrogen-bond donors (Lipinski definition) is 1. The van der Waals surface area contributed by atoms with Gasteiger partial charge in [0.15, 0.2) is 0 Å². The van der Waals surface area contributed by atoms with E-state index in [0.29, 0.717) is 6.04 Å². The van der Waals surface area contributed by atoms with Crippen molar-refractivity contribution in [2.24, 2.45) is 0 Å². The van der Waals surface area contributed by atoms with E-state index < -0.39 is 0 Å². The Balaban J connectivity index is 1.95. The minimum atomic E-state index is -0.177. The van der Waals surface area contributed by atoms with Crippen molar-refractivity contribution in [3.8, 4) is 11.1 Å². The Kier molecular flexibility index (Phi) is 3.83. The molecule has 1 N–H and O–H groups in total. The standard InChI is InChI=1S/C18H20FN/c1-2-12-20-18-11-10-16-15(4-3-5-17(16)18)13-6-8-14(19)9-7-13/h3-9,18,20H,2,10-12H2,1H3. The first-order valence-corrected chi connectivity index (χ1v) is 7.40. The SMILES string of the molecule is CCCNC1CCc2c(-c3ccc(F)cc3)cccc21. The third-order valence-corrected chi connectivity index (χ3v) is 4.07. The molecule has 1 atom stereocenters. The normalized spacial score (nSPS) is 17.2. The summed E-state index contributed by atoms with van der Waals surface area (Å²) in [5.74, 6) is -0.177. The average Bonchev–Trinajstić information content (AvgIpc) is 2.89. The molecule has 0 radical (unpaired) electrons. The first kappa shape index (κ1) is 13.3. The van der Waals surface area contributed by atoms with Gasteiger partial charge in [0.1, 0.15) is 5.82 Å². The molecule has 0 saturated carbocycles. The molecule has 0 heterocycles. The van der Waals surface area contributed by atoms with Crippen LogP contribution in [-0.4, -0.2) is 6.54 Å². The molecule has 0 spiro atoms. The van der Waals surface area contributed by atoms with Gasteiger partial charge in [0.25, 0.3) is 0 Å². The van der Waals surface area contributed by atoms with Crippen LogP contribution < -0.4 is 5.32 Å². The summed E-state index contributed by atoms with van der Waals surface area (Å²) in [5, 5.41) is 3.62. The molecule has 0 saturated heterocycles. The molecule has 0 amide bonds. The Labute approximate surface area is 119 Å². The monoisotopic (exact) mass is 269 g/mol. The van der Waals surface area contributed by atoms with Gasteiger partial charge < -0.3 is 5.32 Å². The highest BCUT2D eigenvalue weighted by Crippen LogP contribution is 2.37. The molecule has 1 unspecified atom stereocenters. The van der Waals surface area contributed by atoms with Gasteiger partial charge in [0.05, 0.1) is 0 Å². The van der Waals surface area contributed by atoms with Crippen molar-refractivity contribution in [2.45, 2.75) is 32.2 Å². The van der Waals surface area contributed by atoms with Crippen LogP contribution in [0.4, 0.5) is 4.39 Å². The fourth-order valence-corrected chi connectivity index (χ4v) is 3.08. The van der Waals surface area contributed by atoms with Gasteiger partial charge >= 0.3 is 0 Å². The first-order chi connectivity index (χ1) is 9.79. The second-order valence-electron chi connectivity index (χ2n) is 5.43. The molecule has 0 bridgehead atoms. The number of hydrogen-bond acceptors (Lipinski definition) is 1. The van der Waals surface area contributed by atoms with Gasteiger partial charge in [-0.25, -0.2) is 4.39 Å². The highest BCUT2D eigenvalue weighted by Gasteiger charge is 2.24. The Hall–Kier alpha value is -1.67. The van der Waals surface area contributed by atoms with Crippen molar-refractivity contribution in [3.05, 3.63) is 59.4 Å². The average molecular weight is 269 g/mol. The van der Waals surface area contributed by atoms with Crippen molar-refractivity contribution in [3.63, 3.8) is 0 Å². The van der Waals surface area contributed by atoms with E-state index in [9.17, 15) is 4.39 Å². The van der Waals surface area contributed by atoms with Crippen LogP contribution in [-0.2, 0) is 6.42 Å². The van der Waals surface area contributed by atoms with Gasteiger partial charge in [-0.05, 0) is 60.2 Å². The number of rotatable bonds is 4. The number of nitrogens with one attached hydrogen (secondary N) is 1. The van der Waals surface area contributed by atoms with Gasteiger partial charge in [-0.3, -0.25) is 0 Å². The van der Waals surface area contributed by atoms with E-state index in [-0.39, 0.29) is 5.82 Å². The maximum Gasteiger partial charge on any atom is 0.123 e. The summed E-state index contributed by atoms with van der Waals surface area (Å²) < 4.78 is 13.1. The molecule has 20 heavy (non-hydrogen) atoms. The van der Waals surface area contributed by atoms with Crippen LogP contribution in [0.1, 0.15) is 36.9 Å². The zero-order valence-electron chi connectivity index (χ0n) is 11.8. The summed E-state index contributed by atoms with van der Waals surface area (Å²) in [6.07, 6.45) is 3.42. The van der Waals surface area contributed by atoms with E-state index in [1.165, 1.54) is 28.8 Å². The summed E-state index contributed by atoms with van der Waals surface area (Å²) in [5.41, 5.74) is 5.20. The van der Waals surface area contributed by atoms with Crippen molar-refractivity contribution < 1.29 is 4.39 Å². The lowest BCUT2D eigenvalue weighted by Crippen LogP contribution is -2.19.